The Hall–Kier alpha value is -1.40. The summed E-state index contributed by atoms with van der Waals surface area (Å²) in [5.41, 5.74) is 0.913. The molecule has 0 bridgehead atoms. The van der Waals surface area contributed by atoms with E-state index >= 15 is 0 Å². The molecule has 0 aromatic carbocycles. The zero-order valence-electron chi connectivity index (χ0n) is 11.6. The van der Waals surface area contributed by atoms with Crippen molar-refractivity contribution in [1.29, 1.82) is 0 Å². The van der Waals surface area contributed by atoms with Crippen LogP contribution in [0.5, 0.6) is 0 Å². The number of aryl methyl sites for hydroxylation is 1. The van der Waals surface area contributed by atoms with Crippen LogP contribution in [0.15, 0.2) is 10.6 Å². The lowest BCUT2D eigenvalue weighted by molar-refractivity contribution is -0.144. The van der Waals surface area contributed by atoms with Crippen molar-refractivity contribution < 1.29 is 14.1 Å². The molecule has 0 aliphatic carbocycles. The molecule has 0 saturated carbocycles. The van der Waals surface area contributed by atoms with E-state index in [4.69, 9.17) is 9.26 Å². The average molecular weight is 267 g/mol. The number of rotatable bonds is 5. The SMILES string of the molecule is CCOC(=O)CN1CCN(Cc2cc(C)no2)CC1. The minimum Gasteiger partial charge on any atom is -0.465 e. The fraction of sp³-hybridized carbons (Fsp3) is 0.692. The first-order chi connectivity index (χ1) is 9.17. The van der Waals surface area contributed by atoms with Gasteiger partial charge in [-0.1, -0.05) is 5.16 Å². The first kappa shape index (κ1) is 14.0. The van der Waals surface area contributed by atoms with Gasteiger partial charge < -0.3 is 9.26 Å². The van der Waals surface area contributed by atoms with Gasteiger partial charge in [0.25, 0.3) is 0 Å². The predicted molar refractivity (Wildman–Crippen MR) is 69.6 cm³/mol. The molecule has 1 aromatic rings. The molecular weight excluding hydrogens is 246 g/mol. The van der Waals surface area contributed by atoms with Crippen LogP contribution in [0, 0.1) is 6.92 Å². The summed E-state index contributed by atoms with van der Waals surface area (Å²) in [4.78, 5) is 15.8. The Bertz CT molecular complexity index is 411. The topological polar surface area (TPSA) is 58.8 Å². The van der Waals surface area contributed by atoms with E-state index in [9.17, 15) is 4.79 Å². The van der Waals surface area contributed by atoms with Crippen molar-refractivity contribution in [3.63, 3.8) is 0 Å². The average Bonchev–Trinajstić information content (AvgIpc) is 2.78. The maximum absolute atomic E-state index is 11.4. The third-order valence-corrected chi connectivity index (χ3v) is 3.18. The number of aromatic nitrogens is 1. The van der Waals surface area contributed by atoms with Crippen LogP contribution in [-0.2, 0) is 16.1 Å². The summed E-state index contributed by atoms with van der Waals surface area (Å²) in [6, 6.07) is 1.96. The van der Waals surface area contributed by atoms with Gasteiger partial charge in [0.1, 0.15) is 0 Å². The molecule has 0 N–H and O–H groups in total. The van der Waals surface area contributed by atoms with Crippen molar-refractivity contribution in [1.82, 2.24) is 15.0 Å². The van der Waals surface area contributed by atoms with E-state index < -0.39 is 0 Å². The third-order valence-electron chi connectivity index (χ3n) is 3.18. The summed E-state index contributed by atoms with van der Waals surface area (Å²) in [7, 11) is 0. The minimum atomic E-state index is -0.137. The monoisotopic (exact) mass is 267 g/mol. The molecule has 0 atom stereocenters. The van der Waals surface area contributed by atoms with Gasteiger partial charge in [-0.05, 0) is 13.8 Å². The van der Waals surface area contributed by atoms with Crippen molar-refractivity contribution >= 4 is 5.97 Å². The van der Waals surface area contributed by atoms with Crippen LogP contribution in [0.1, 0.15) is 18.4 Å². The summed E-state index contributed by atoms with van der Waals surface area (Å²) >= 11 is 0. The van der Waals surface area contributed by atoms with Crippen LogP contribution < -0.4 is 0 Å². The van der Waals surface area contributed by atoms with Crippen LogP contribution in [0.3, 0.4) is 0 Å². The first-order valence-electron chi connectivity index (χ1n) is 6.70. The van der Waals surface area contributed by atoms with E-state index in [0.29, 0.717) is 13.2 Å². The second-order valence-corrected chi connectivity index (χ2v) is 4.79. The number of hydrogen-bond acceptors (Lipinski definition) is 6. The molecule has 0 unspecified atom stereocenters. The van der Waals surface area contributed by atoms with Gasteiger partial charge in [0.15, 0.2) is 5.76 Å². The second-order valence-electron chi connectivity index (χ2n) is 4.79. The molecule has 1 aliphatic heterocycles. The standard InChI is InChI=1S/C13H21N3O3/c1-3-18-13(17)10-16-6-4-15(5-7-16)9-12-8-11(2)14-19-12/h8H,3-7,9-10H2,1-2H3. The number of carbonyl (C=O) groups is 1. The molecule has 106 valence electrons. The van der Waals surface area contributed by atoms with E-state index in [1.807, 2.05) is 19.9 Å². The normalized spacial score (nSPS) is 17.6. The van der Waals surface area contributed by atoms with E-state index in [-0.39, 0.29) is 5.97 Å². The minimum absolute atomic E-state index is 0.137. The molecule has 0 radical (unpaired) electrons. The number of esters is 1. The van der Waals surface area contributed by atoms with Crippen LogP contribution >= 0.6 is 0 Å². The smallest absolute Gasteiger partial charge is 0.320 e. The fourth-order valence-corrected chi connectivity index (χ4v) is 2.21. The maximum atomic E-state index is 11.4. The lowest BCUT2D eigenvalue weighted by Gasteiger charge is -2.33. The highest BCUT2D eigenvalue weighted by Crippen LogP contribution is 2.09. The molecule has 1 aromatic heterocycles. The van der Waals surface area contributed by atoms with Crippen molar-refractivity contribution in [2.24, 2.45) is 0 Å². The van der Waals surface area contributed by atoms with Gasteiger partial charge in [-0.3, -0.25) is 14.6 Å². The zero-order valence-corrected chi connectivity index (χ0v) is 11.6. The van der Waals surface area contributed by atoms with E-state index in [1.54, 1.807) is 0 Å². The molecular formula is C13H21N3O3. The van der Waals surface area contributed by atoms with Crippen molar-refractivity contribution in [2.45, 2.75) is 20.4 Å². The summed E-state index contributed by atoms with van der Waals surface area (Å²) < 4.78 is 10.2. The first-order valence-corrected chi connectivity index (χ1v) is 6.70. The van der Waals surface area contributed by atoms with Crippen LogP contribution in [0.2, 0.25) is 0 Å². The Morgan fingerprint density at radius 3 is 2.63 bits per heavy atom. The molecule has 2 rings (SSSR count). The Kier molecular flexibility index (Phi) is 4.93. The number of nitrogens with zero attached hydrogens (tertiary/aromatic N) is 3. The highest BCUT2D eigenvalue weighted by Gasteiger charge is 2.20. The Morgan fingerprint density at radius 2 is 2.05 bits per heavy atom. The third kappa shape index (κ3) is 4.33. The molecule has 1 saturated heterocycles. The lowest BCUT2D eigenvalue weighted by atomic mass is 10.3. The number of carbonyl (C=O) groups excluding carboxylic acids is 1. The van der Waals surface area contributed by atoms with E-state index in [1.165, 1.54) is 0 Å². The quantitative estimate of drug-likeness (QED) is 0.731. The lowest BCUT2D eigenvalue weighted by Crippen LogP contribution is -2.47. The molecule has 19 heavy (non-hydrogen) atoms. The van der Waals surface area contributed by atoms with Gasteiger partial charge in [0.05, 0.1) is 25.4 Å². The van der Waals surface area contributed by atoms with Gasteiger partial charge >= 0.3 is 5.97 Å². The van der Waals surface area contributed by atoms with Gasteiger partial charge in [-0.2, -0.15) is 0 Å². The van der Waals surface area contributed by atoms with Crippen molar-refractivity contribution in [2.75, 3.05) is 39.3 Å². The van der Waals surface area contributed by atoms with Gasteiger partial charge in [-0.15, -0.1) is 0 Å². The van der Waals surface area contributed by atoms with Crippen molar-refractivity contribution in [3.05, 3.63) is 17.5 Å². The number of hydrogen-bond donors (Lipinski definition) is 0. The molecule has 1 fully saturated rings. The van der Waals surface area contributed by atoms with E-state index in [0.717, 1.165) is 44.2 Å². The zero-order chi connectivity index (χ0) is 13.7. The fourth-order valence-electron chi connectivity index (χ4n) is 2.21. The Morgan fingerprint density at radius 1 is 1.37 bits per heavy atom. The van der Waals surface area contributed by atoms with Gasteiger partial charge in [0, 0.05) is 32.2 Å². The second kappa shape index (κ2) is 6.68. The Labute approximate surface area is 113 Å². The highest BCUT2D eigenvalue weighted by atomic mass is 16.5. The Balaban J connectivity index is 1.71. The number of piperazine rings is 1. The molecule has 0 amide bonds. The van der Waals surface area contributed by atoms with Crippen LogP contribution in [0.25, 0.3) is 0 Å². The summed E-state index contributed by atoms with van der Waals surface area (Å²) in [6.45, 7) is 9.00. The summed E-state index contributed by atoms with van der Waals surface area (Å²) in [5, 5.41) is 3.88. The van der Waals surface area contributed by atoms with E-state index in [2.05, 4.69) is 15.0 Å². The number of ether oxygens (including phenoxy) is 1. The maximum Gasteiger partial charge on any atom is 0.320 e. The summed E-state index contributed by atoms with van der Waals surface area (Å²) in [5.74, 6) is 0.762. The molecule has 2 heterocycles. The predicted octanol–water partition coefficient (Wildman–Crippen LogP) is 0.664. The van der Waals surface area contributed by atoms with Crippen LogP contribution in [0.4, 0.5) is 0 Å². The highest BCUT2D eigenvalue weighted by molar-refractivity contribution is 5.71. The summed E-state index contributed by atoms with van der Waals surface area (Å²) in [6.07, 6.45) is 0. The van der Waals surface area contributed by atoms with Crippen LogP contribution in [-0.4, -0.2) is 60.3 Å². The molecule has 1 aliphatic rings. The van der Waals surface area contributed by atoms with Gasteiger partial charge in [-0.25, -0.2) is 0 Å². The molecule has 0 spiro atoms. The largest absolute Gasteiger partial charge is 0.465 e. The van der Waals surface area contributed by atoms with Crippen molar-refractivity contribution in [3.8, 4) is 0 Å². The molecule has 6 nitrogen and oxygen atoms in total. The molecule has 6 heteroatoms. The van der Waals surface area contributed by atoms with Gasteiger partial charge in [0.2, 0.25) is 0 Å².